The molecule has 0 heterocycles. The minimum atomic E-state index is -0.239. The Morgan fingerprint density at radius 2 is 2.31 bits per heavy atom. The first-order valence-electron chi connectivity index (χ1n) is 4.93. The van der Waals surface area contributed by atoms with Gasteiger partial charge in [-0.15, -0.1) is 0 Å². The highest BCUT2D eigenvalue weighted by molar-refractivity contribution is 6.31. The van der Waals surface area contributed by atoms with Crippen molar-refractivity contribution in [2.45, 2.75) is 13.0 Å². The van der Waals surface area contributed by atoms with E-state index in [0.717, 1.165) is 0 Å². The van der Waals surface area contributed by atoms with Gasteiger partial charge in [-0.05, 0) is 25.1 Å². The summed E-state index contributed by atoms with van der Waals surface area (Å²) < 4.78 is 5.09. The SMILES string of the molecule is COc1ccc(Cl)cc1C(=O)N[C@H](C)CN. The highest BCUT2D eigenvalue weighted by atomic mass is 35.5. The fourth-order valence-electron chi connectivity index (χ4n) is 1.22. The van der Waals surface area contributed by atoms with Crippen LogP contribution in [0.2, 0.25) is 5.02 Å². The third-order valence-electron chi connectivity index (χ3n) is 2.14. The molecule has 1 amide bonds. The summed E-state index contributed by atoms with van der Waals surface area (Å²) >= 11 is 5.83. The normalized spacial score (nSPS) is 12.0. The molecule has 16 heavy (non-hydrogen) atoms. The van der Waals surface area contributed by atoms with Crippen molar-refractivity contribution < 1.29 is 9.53 Å². The predicted molar refractivity (Wildman–Crippen MR) is 64.0 cm³/mol. The Hall–Kier alpha value is -1.26. The number of ether oxygens (including phenoxy) is 1. The van der Waals surface area contributed by atoms with E-state index in [2.05, 4.69) is 5.32 Å². The average molecular weight is 243 g/mol. The van der Waals surface area contributed by atoms with E-state index >= 15 is 0 Å². The summed E-state index contributed by atoms with van der Waals surface area (Å²) in [7, 11) is 1.51. The fourth-order valence-corrected chi connectivity index (χ4v) is 1.39. The van der Waals surface area contributed by atoms with Crippen molar-refractivity contribution in [3.8, 4) is 5.75 Å². The maximum absolute atomic E-state index is 11.8. The molecule has 0 aliphatic carbocycles. The summed E-state index contributed by atoms with van der Waals surface area (Å²) in [6, 6.07) is 4.81. The number of hydrogen-bond acceptors (Lipinski definition) is 3. The van der Waals surface area contributed by atoms with Crippen LogP contribution < -0.4 is 15.8 Å². The van der Waals surface area contributed by atoms with Crippen LogP contribution in [0.25, 0.3) is 0 Å². The smallest absolute Gasteiger partial charge is 0.255 e. The molecule has 0 aliphatic rings. The van der Waals surface area contributed by atoms with Gasteiger partial charge in [0.1, 0.15) is 5.75 Å². The molecule has 1 rings (SSSR count). The topological polar surface area (TPSA) is 64.3 Å². The van der Waals surface area contributed by atoms with E-state index in [9.17, 15) is 4.79 Å². The Kier molecular flexibility index (Phi) is 4.58. The first-order valence-corrected chi connectivity index (χ1v) is 5.30. The molecule has 4 nitrogen and oxygen atoms in total. The van der Waals surface area contributed by atoms with E-state index in [1.54, 1.807) is 18.2 Å². The first kappa shape index (κ1) is 12.8. The zero-order chi connectivity index (χ0) is 12.1. The van der Waals surface area contributed by atoms with Crippen molar-refractivity contribution in [2.75, 3.05) is 13.7 Å². The van der Waals surface area contributed by atoms with Crippen LogP contribution in [0.1, 0.15) is 17.3 Å². The fraction of sp³-hybridized carbons (Fsp3) is 0.364. The number of nitrogens with two attached hydrogens (primary N) is 1. The van der Waals surface area contributed by atoms with E-state index < -0.39 is 0 Å². The van der Waals surface area contributed by atoms with Gasteiger partial charge in [-0.1, -0.05) is 11.6 Å². The lowest BCUT2D eigenvalue weighted by molar-refractivity contribution is 0.0938. The van der Waals surface area contributed by atoms with Crippen molar-refractivity contribution in [3.05, 3.63) is 28.8 Å². The van der Waals surface area contributed by atoms with Crippen LogP contribution in [0.3, 0.4) is 0 Å². The summed E-state index contributed by atoms with van der Waals surface area (Å²) in [6.07, 6.45) is 0. The van der Waals surface area contributed by atoms with Gasteiger partial charge >= 0.3 is 0 Å². The quantitative estimate of drug-likeness (QED) is 0.840. The maximum atomic E-state index is 11.8. The van der Waals surface area contributed by atoms with Gasteiger partial charge in [-0.2, -0.15) is 0 Å². The molecule has 3 N–H and O–H groups in total. The Morgan fingerprint density at radius 3 is 2.88 bits per heavy atom. The predicted octanol–water partition coefficient (Wildman–Crippen LogP) is 1.43. The minimum Gasteiger partial charge on any atom is -0.496 e. The second kappa shape index (κ2) is 5.72. The summed E-state index contributed by atoms with van der Waals surface area (Å²) in [5.74, 6) is 0.253. The van der Waals surface area contributed by atoms with Crippen LogP contribution >= 0.6 is 11.6 Å². The number of amides is 1. The Bertz CT molecular complexity index is 382. The molecule has 0 unspecified atom stereocenters. The van der Waals surface area contributed by atoms with E-state index in [0.29, 0.717) is 22.9 Å². The number of benzene rings is 1. The van der Waals surface area contributed by atoms with Crippen LogP contribution in [-0.2, 0) is 0 Å². The van der Waals surface area contributed by atoms with Crippen LogP contribution in [-0.4, -0.2) is 25.6 Å². The number of hydrogen-bond donors (Lipinski definition) is 2. The number of nitrogens with one attached hydrogen (secondary N) is 1. The lowest BCUT2D eigenvalue weighted by Crippen LogP contribution is -2.37. The van der Waals surface area contributed by atoms with Crippen molar-refractivity contribution in [3.63, 3.8) is 0 Å². The molecule has 0 radical (unpaired) electrons. The second-order valence-electron chi connectivity index (χ2n) is 3.45. The largest absolute Gasteiger partial charge is 0.496 e. The number of carbonyl (C=O) groups excluding carboxylic acids is 1. The van der Waals surface area contributed by atoms with Crippen LogP contribution in [0.15, 0.2) is 18.2 Å². The van der Waals surface area contributed by atoms with Gasteiger partial charge in [0.15, 0.2) is 0 Å². The highest BCUT2D eigenvalue weighted by Crippen LogP contribution is 2.22. The summed E-state index contributed by atoms with van der Waals surface area (Å²) in [4.78, 5) is 11.8. The molecule has 5 heteroatoms. The molecule has 0 aromatic heterocycles. The second-order valence-corrected chi connectivity index (χ2v) is 3.89. The van der Waals surface area contributed by atoms with Gasteiger partial charge in [-0.3, -0.25) is 4.79 Å². The zero-order valence-corrected chi connectivity index (χ0v) is 10.0. The van der Waals surface area contributed by atoms with E-state index in [1.165, 1.54) is 7.11 Å². The van der Waals surface area contributed by atoms with Gasteiger partial charge in [-0.25, -0.2) is 0 Å². The Labute approximate surface area is 99.7 Å². The maximum Gasteiger partial charge on any atom is 0.255 e. The minimum absolute atomic E-state index is 0.0869. The molecule has 0 fully saturated rings. The first-order chi connectivity index (χ1) is 7.58. The van der Waals surface area contributed by atoms with Crippen molar-refractivity contribution in [1.82, 2.24) is 5.32 Å². The number of rotatable bonds is 4. The van der Waals surface area contributed by atoms with E-state index in [4.69, 9.17) is 22.1 Å². The third kappa shape index (κ3) is 3.12. The van der Waals surface area contributed by atoms with Crippen LogP contribution in [0.5, 0.6) is 5.75 Å². The van der Waals surface area contributed by atoms with Gasteiger partial charge in [0, 0.05) is 17.6 Å². The van der Waals surface area contributed by atoms with Crippen LogP contribution in [0, 0.1) is 0 Å². The highest BCUT2D eigenvalue weighted by Gasteiger charge is 2.14. The monoisotopic (exact) mass is 242 g/mol. The van der Waals surface area contributed by atoms with Crippen molar-refractivity contribution >= 4 is 17.5 Å². The summed E-state index contributed by atoms with van der Waals surface area (Å²) in [6.45, 7) is 2.21. The number of methoxy groups -OCH3 is 1. The molecular weight excluding hydrogens is 228 g/mol. The number of carbonyl (C=O) groups is 1. The third-order valence-corrected chi connectivity index (χ3v) is 2.37. The molecule has 0 spiro atoms. The van der Waals surface area contributed by atoms with Gasteiger partial charge in [0.05, 0.1) is 12.7 Å². The van der Waals surface area contributed by atoms with Gasteiger partial charge in [0.2, 0.25) is 0 Å². The molecule has 0 bridgehead atoms. The summed E-state index contributed by atoms with van der Waals surface area (Å²) in [5.41, 5.74) is 5.84. The average Bonchev–Trinajstić information content (AvgIpc) is 2.28. The Morgan fingerprint density at radius 1 is 1.62 bits per heavy atom. The van der Waals surface area contributed by atoms with Gasteiger partial charge < -0.3 is 15.8 Å². The zero-order valence-electron chi connectivity index (χ0n) is 9.29. The lowest BCUT2D eigenvalue weighted by atomic mass is 10.1. The molecular formula is C11H15ClN2O2. The molecule has 88 valence electrons. The molecule has 1 atom stereocenters. The van der Waals surface area contributed by atoms with E-state index in [-0.39, 0.29) is 11.9 Å². The van der Waals surface area contributed by atoms with Gasteiger partial charge in [0.25, 0.3) is 5.91 Å². The number of halogens is 1. The summed E-state index contributed by atoms with van der Waals surface area (Å²) in [5, 5.41) is 3.24. The molecule has 1 aromatic rings. The molecule has 1 aromatic carbocycles. The van der Waals surface area contributed by atoms with Crippen molar-refractivity contribution in [2.24, 2.45) is 5.73 Å². The molecule has 0 saturated carbocycles. The molecule has 0 saturated heterocycles. The Balaban J connectivity index is 2.93. The van der Waals surface area contributed by atoms with Crippen LogP contribution in [0.4, 0.5) is 0 Å². The van der Waals surface area contributed by atoms with Crippen molar-refractivity contribution in [1.29, 1.82) is 0 Å². The standard InChI is InChI=1S/C11H15ClN2O2/c1-7(6-13)14-11(15)9-5-8(12)3-4-10(9)16-2/h3-5,7H,6,13H2,1-2H3,(H,14,15)/t7-/m1/s1. The molecule has 0 aliphatic heterocycles. The lowest BCUT2D eigenvalue weighted by Gasteiger charge is -2.13. The van der Waals surface area contributed by atoms with E-state index in [1.807, 2.05) is 6.92 Å².